The monoisotopic (exact) mass is 570 g/mol. The number of benzene rings is 3. The van der Waals surface area contributed by atoms with Crippen LogP contribution in [0.25, 0.3) is 10.9 Å². The number of nitrogens with one attached hydrogen (secondary N) is 3. The SMILES string of the molecule is O=C(NCCc1ccc(F)cc1)[C@@H]1Cc2c([nH]c3ccccc23)[C@@H](c2ccc3c(c2)O[I-]O3)N1. The van der Waals surface area contributed by atoms with Crippen molar-refractivity contribution in [2.45, 2.75) is 24.9 Å². The van der Waals surface area contributed by atoms with Crippen LogP contribution in [-0.2, 0) is 17.6 Å². The van der Waals surface area contributed by atoms with Crippen molar-refractivity contribution >= 4 is 16.8 Å². The number of para-hydroxylation sites is 1. The van der Waals surface area contributed by atoms with Crippen molar-refractivity contribution in [3.8, 4) is 11.5 Å². The Balaban J connectivity index is 1.27. The molecule has 0 fully saturated rings. The molecular weight excluding hydrogens is 548 g/mol. The molecular formula is C26H22FIN3O3-. The van der Waals surface area contributed by atoms with Crippen molar-refractivity contribution in [3.63, 3.8) is 0 Å². The van der Waals surface area contributed by atoms with Crippen LogP contribution in [0.4, 0.5) is 4.39 Å². The van der Waals surface area contributed by atoms with Gasteiger partial charge in [-0.05, 0) is 12.1 Å². The van der Waals surface area contributed by atoms with Crippen LogP contribution in [-0.4, -0.2) is 23.5 Å². The van der Waals surface area contributed by atoms with E-state index in [1.165, 1.54) is 12.1 Å². The van der Waals surface area contributed by atoms with E-state index in [4.69, 9.17) is 6.13 Å². The molecule has 0 aliphatic carbocycles. The van der Waals surface area contributed by atoms with Gasteiger partial charge in [-0.1, -0.05) is 12.1 Å². The van der Waals surface area contributed by atoms with Crippen LogP contribution < -0.4 is 38.8 Å². The Labute approximate surface area is 207 Å². The third-order valence-corrected chi connectivity index (χ3v) is 7.69. The number of aromatic amines is 1. The van der Waals surface area contributed by atoms with E-state index in [1.54, 1.807) is 12.1 Å². The molecule has 3 heterocycles. The molecule has 8 heteroatoms. The van der Waals surface area contributed by atoms with E-state index in [0.717, 1.165) is 44.8 Å². The number of amides is 1. The number of carbonyl (C=O) groups excluding carboxylic acids is 1. The van der Waals surface area contributed by atoms with Crippen molar-refractivity contribution < 1.29 is 37.4 Å². The zero-order valence-electron chi connectivity index (χ0n) is 18.1. The van der Waals surface area contributed by atoms with E-state index in [9.17, 15) is 9.18 Å². The van der Waals surface area contributed by atoms with E-state index in [2.05, 4.69) is 27.8 Å². The zero-order valence-corrected chi connectivity index (χ0v) is 20.3. The Kier molecular flexibility index (Phi) is 5.62. The summed E-state index contributed by atoms with van der Waals surface area (Å²) in [5.74, 6) is 1.23. The molecule has 3 N–H and O–H groups in total. The van der Waals surface area contributed by atoms with Gasteiger partial charge in [-0.15, -0.1) is 0 Å². The van der Waals surface area contributed by atoms with Crippen molar-refractivity contribution in [1.29, 1.82) is 0 Å². The summed E-state index contributed by atoms with van der Waals surface area (Å²) in [6.45, 7) is 0.488. The predicted octanol–water partition coefficient (Wildman–Crippen LogP) is 0.960. The number of hydrogen-bond donors (Lipinski definition) is 3. The van der Waals surface area contributed by atoms with Gasteiger partial charge in [0.15, 0.2) is 0 Å². The quantitative estimate of drug-likeness (QED) is 0.313. The van der Waals surface area contributed by atoms with Crippen LogP contribution in [0.5, 0.6) is 11.5 Å². The van der Waals surface area contributed by atoms with Gasteiger partial charge in [-0.2, -0.15) is 0 Å². The molecule has 174 valence electrons. The summed E-state index contributed by atoms with van der Waals surface area (Å²) >= 11 is -0.750. The average Bonchev–Trinajstić information content (AvgIpc) is 3.48. The van der Waals surface area contributed by atoms with Crippen LogP contribution in [0, 0.1) is 5.82 Å². The van der Waals surface area contributed by atoms with Gasteiger partial charge >= 0.3 is 173 Å². The van der Waals surface area contributed by atoms with Gasteiger partial charge in [0.25, 0.3) is 0 Å². The number of aromatic nitrogens is 1. The Morgan fingerprint density at radius 3 is 2.76 bits per heavy atom. The third kappa shape index (κ3) is 4.01. The summed E-state index contributed by atoms with van der Waals surface area (Å²) in [5, 5.41) is 7.75. The first-order valence-corrected chi connectivity index (χ1v) is 12.9. The molecule has 0 spiro atoms. The van der Waals surface area contributed by atoms with Crippen LogP contribution >= 0.6 is 0 Å². The molecule has 0 radical (unpaired) electrons. The molecule has 0 saturated carbocycles. The topological polar surface area (TPSA) is 75.4 Å². The van der Waals surface area contributed by atoms with Crippen LogP contribution in [0.15, 0.2) is 66.7 Å². The fourth-order valence-corrected chi connectivity index (χ4v) is 5.87. The van der Waals surface area contributed by atoms with E-state index in [-0.39, 0.29) is 23.8 Å². The van der Waals surface area contributed by atoms with E-state index in [1.807, 2.05) is 30.3 Å². The molecule has 1 aromatic heterocycles. The first-order chi connectivity index (χ1) is 16.7. The molecule has 3 aromatic carbocycles. The summed E-state index contributed by atoms with van der Waals surface area (Å²) in [6.07, 6.45) is 1.24. The third-order valence-electron chi connectivity index (χ3n) is 6.38. The Hall–Kier alpha value is -3.11. The maximum absolute atomic E-state index is 13.2. The second kappa shape index (κ2) is 8.92. The predicted molar refractivity (Wildman–Crippen MR) is 122 cm³/mol. The molecule has 6 rings (SSSR count). The van der Waals surface area contributed by atoms with Gasteiger partial charge in [0, 0.05) is 0 Å². The molecule has 1 amide bonds. The van der Waals surface area contributed by atoms with Gasteiger partial charge < -0.3 is 0 Å². The maximum atomic E-state index is 13.2. The molecule has 0 saturated heterocycles. The molecule has 0 bridgehead atoms. The Morgan fingerprint density at radius 2 is 1.88 bits per heavy atom. The summed E-state index contributed by atoms with van der Waals surface area (Å²) in [7, 11) is 0. The number of hydrogen-bond acceptors (Lipinski definition) is 4. The molecule has 2 atom stereocenters. The second-order valence-electron chi connectivity index (χ2n) is 8.51. The second-order valence-corrected chi connectivity index (χ2v) is 9.75. The van der Waals surface area contributed by atoms with Gasteiger partial charge in [-0.25, -0.2) is 4.39 Å². The summed E-state index contributed by atoms with van der Waals surface area (Å²) < 4.78 is 24.4. The minimum absolute atomic E-state index is 0.0466. The van der Waals surface area contributed by atoms with Crippen molar-refractivity contribution in [3.05, 3.63) is 94.9 Å². The first kappa shape index (κ1) is 21.4. The molecule has 4 aromatic rings. The van der Waals surface area contributed by atoms with Gasteiger partial charge in [-0.3, -0.25) is 0 Å². The van der Waals surface area contributed by atoms with E-state index in [0.29, 0.717) is 19.4 Å². The normalized spacial score (nSPS) is 18.9. The Bertz CT molecular complexity index is 1370. The number of halogens is 2. The van der Waals surface area contributed by atoms with E-state index < -0.39 is 22.0 Å². The number of H-pyrrole nitrogens is 1. The molecule has 2 aliphatic heterocycles. The van der Waals surface area contributed by atoms with Gasteiger partial charge in [0.1, 0.15) is 5.82 Å². The summed E-state index contributed by atoms with van der Waals surface area (Å²) in [4.78, 5) is 16.8. The molecule has 2 aliphatic rings. The molecule has 6 nitrogen and oxygen atoms in total. The Morgan fingerprint density at radius 1 is 1.06 bits per heavy atom. The standard InChI is InChI=1S/C26H22FIN3O3/c27-17-8-5-15(6-9-17)11-12-29-26(32)21-14-19-18-3-1-2-4-20(18)30-25(19)24(31-21)16-7-10-22-23(13-16)34-28-33-22/h1-10,13,21,24,30-31H,11-12,14H2,(H,29,32)/q-1/t21-,24+/m0/s1. The van der Waals surface area contributed by atoms with Crippen molar-refractivity contribution in [1.82, 2.24) is 15.6 Å². The van der Waals surface area contributed by atoms with E-state index >= 15 is 0 Å². The zero-order chi connectivity index (χ0) is 23.1. The first-order valence-electron chi connectivity index (χ1n) is 11.2. The fourth-order valence-electron chi connectivity index (χ4n) is 4.68. The number of fused-ring (bicyclic) bond motifs is 4. The fraction of sp³-hybridized carbons (Fsp3) is 0.192. The molecule has 34 heavy (non-hydrogen) atoms. The van der Waals surface area contributed by atoms with Crippen LogP contribution in [0.2, 0.25) is 0 Å². The van der Waals surface area contributed by atoms with Crippen LogP contribution in [0.3, 0.4) is 0 Å². The molecule has 0 unspecified atom stereocenters. The van der Waals surface area contributed by atoms with Gasteiger partial charge in [0.2, 0.25) is 0 Å². The number of rotatable bonds is 5. The van der Waals surface area contributed by atoms with Crippen molar-refractivity contribution in [2.75, 3.05) is 6.54 Å². The van der Waals surface area contributed by atoms with Crippen molar-refractivity contribution in [2.24, 2.45) is 0 Å². The van der Waals surface area contributed by atoms with Gasteiger partial charge in [0.05, 0.1) is 0 Å². The summed E-state index contributed by atoms with van der Waals surface area (Å²) in [5.41, 5.74) is 5.29. The average molecular weight is 570 g/mol. The minimum atomic E-state index is -0.750. The van der Waals surface area contributed by atoms with Crippen LogP contribution in [0.1, 0.15) is 28.4 Å². The summed E-state index contributed by atoms with van der Waals surface area (Å²) in [6, 6.07) is 20.0. The number of carbonyl (C=O) groups is 1.